The highest BCUT2D eigenvalue weighted by Gasteiger charge is 2.47. The lowest BCUT2D eigenvalue weighted by Crippen LogP contribution is -2.32. The topological polar surface area (TPSA) is 72.1 Å². The highest BCUT2D eigenvalue weighted by atomic mass is 32.1. The molecule has 2 aromatic rings. The van der Waals surface area contributed by atoms with E-state index in [1.54, 1.807) is 5.38 Å². The van der Waals surface area contributed by atoms with Crippen LogP contribution in [0.4, 0.5) is 4.39 Å². The molecule has 1 aliphatic carbocycles. The summed E-state index contributed by atoms with van der Waals surface area (Å²) < 4.78 is 20.2. The fraction of sp³-hybridized carbons (Fsp3) is 0.571. The van der Waals surface area contributed by atoms with Gasteiger partial charge < -0.3 is 9.42 Å². The second-order valence-corrected chi connectivity index (χ2v) is 6.99. The molecule has 1 aliphatic heterocycles. The number of halogens is 1. The molecule has 0 N–H and O–H groups in total. The quantitative estimate of drug-likeness (QED) is 0.868. The predicted octanol–water partition coefficient (Wildman–Crippen LogP) is 2.42. The molecule has 6 nitrogen and oxygen atoms in total. The number of alkyl halides is 1. The molecule has 1 atom stereocenters. The van der Waals surface area contributed by atoms with Crippen LogP contribution < -0.4 is 0 Å². The van der Waals surface area contributed by atoms with E-state index >= 15 is 4.39 Å². The first-order valence-electron chi connectivity index (χ1n) is 7.29. The van der Waals surface area contributed by atoms with E-state index in [-0.39, 0.29) is 24.8 Å². The van der Waals surface area contributed by atoms with Gasteiger partial charge in [0.15, 0.2) is 5.82 Å². The first-order chi connectivity index (χ1) is 10.5. The van der Waals surface area contributed by atoms with E-state index in [1.165, 1.54) is 16.2 Å². The van der Waals surface area contributed by atoms with Crippen molar-refractivity contribution in [3.05, 3.63) is 27.8 Å². The Bertz CT molecular complexity index is 726. The van der Waals surface area contributed by atoms with E-state index in [0.29, 0.717) is 24.0 Å². The zero-order chi connectivity index (χ0) is 15.3. The molecule has 1 unspecified atom stereocenters. The number of likely N-dealkylation sites (tertiary alicyclic amines) is 1. The SMILES string of the molecule is Cc1nc(C(=O)N2CCC(F)(c3nc(C4CC4)no3)C2)cs1. The maximum Gasteiger partial charge on any atom is 0.273 e. The third kappa shape index (κ3) is 2.31. The van der Waals surface area contributed by atoms with E-state index in [1.807, 2.05) is 6.92 Å². The molecular weight excluding hydrogens is 307 g/mol. The van der Waals surface area contributed by atoms with Crippen LogP contribution in [0.15, 0.2) is 9.90 Å². The number of thiazole rings is 1. The normalized spacial score (nSPS) is 24.9. The molecule has 2 fully saturated rings. The van der Waals surface area contributed by atoms with Crippen LogP contribution in [0.5, 0.6) is 0 Å². The summed E-state index contributed by atoms with van der Waals surface area (Å²) >= 11 is 1.41. The Morgan fingerprint density at radius 2 is 2.32 bits per heavy atom. The van der Waals surface area contributed by atoms with Gasteiger partial charge in [-0.15, -0.1) is 11.3 Å². The van der Waals surface area contributed by atoms with E-state index in [0.717, 1.165) is 17.8 Å². The van der Waals surface area contributed by atoms with Crippen molar-refractivity contribution in [3.63, 3.8) is 0 Å². The summed E-state index contributed by atoms with van der Waals surface area (Å²) in [5.41, 5.74) is -1.38. The number of carbonyl (C=O) groups is 1. The van der Waals surface area contributed by atoms with Gasteiger partial charge in [-0.25, -0.2) is 9.37 Å². The molecule has 1 saturated heterocycles. The minimum Gasteiger partial charge on any atom is -0.336 e. The van der Waals surface area contributed by atoms with Crippen molar-refractivity contribution in [2.24, 2.45) is 0 Å². The summed E-state index contributed by atoms with van der Waals surface area (Å²) in [7, 11) is 0. The fourth-order valence-corrected chi connectivity index (χ4v) is 3.26. The summed E-state index contributed by atoms with van der Waals surface area (Å²) in [6, 6.07) is 0. The second-order valence-electron chi connectivity index (χ2n) is 5.93. The Labute approximate surface area is 130 Å². The van der Waals surface area contributed by atoms with Crippen LogP contribution in [0.25, 0.3) is 0 Å². The zero-order valence-corrected chi connectivity index (χ0v) is 12.9. The van der Waals surface area contributed by atoms with Gasteiger partial charge in [0.25, 0.3) is 11.8 Å². The lowest BCUT2D eigenvalue weighted by Gasteiger charge is -2.17. The van der Waals surface area contributed by atoms with Crippen LogP contribution >= 0.6 is 11.3 Å². The van der Waals surface area contributed by atoms with Gasteiger partial charge in [-0.1, -0.05) is 5.16 Å². The van der Waals surface area contributed by atoms with Gasteiger partial charge >= 0.3 is 0 Å². The molecule has 0 spiro atoms. The van der Waals surface area contributed by atoms with Crippen LogP contribution in [0.3, 0.4) is 0 Å². The number of hydrogen-bond acceptors (Lipinski definition) is 6. The number of aromatic nitrogens is 3. The zero-order valence-electron chi connectivity index (χ0n) is 12.1. The average molecular weight is 322 g/mol. The Kier molecular flexibility index (Phi) is 3.04. The third-order valence-electron chi connectivity index (χ3n) is 4.11. The average Bonchev–Trinajstić information content (AvgIpc) is 2.92. The smallest absolute Gasteiger partial charge is 0.273 e. The Balaban J connectivity index is 1.51. The molecular formula is C14H15FN4O2S. The van der Waals surface area contributed by atoms with Crippen molar-refractivity contribution in [1.29, 1.82) is 0 Å². The largest absolute Gasteiger partial charge is 0.336 e. The summed E-state index contributed by atoms with van der Waals surface area (Å²) in [5.74, 6) is 0.662. The molecule has 4 rings (SSSR count). The Morgan fingerprint density at radius 3 is 3.00 bits per heavy atom. The number of rotatable bonds is 3. The van der Waals surface area contributed by atoms with Crippen molar-refractivity contribution < 1.29 is 13.7 Å². The molecule has 116 valence electrons. The van der Waals surface area contributed by atoms with Crippen molar-refractivity contribution in [3.8, 4) is 0 Å². The highest BCUT2D eigenvalue weighted by molar-refractivity contribution is 7.09. The first-order valence-corrected chi connectivity index (χ1v) is 8.17. The predicted molar refractivity (Wildman–Crippen MR) is 76.4 cm³/mol. The van der Waals surface area contributed by atoms with Gasteiger partial charge in [-0.05, 0) is 19.8 Å². The minimum absolute atomic E-state index is 0.000779. The Morgan fingerprint density at radius 1 is 1.50 bits per heavy atom. The molecule has 2 aromatic heterocycles. The standard InChI is InChI=1S/C14H15FN4O2S/c1-8-16-10(6-22-8)12(20)19-5-4-14(15,7-19)13-17-11(18-21-13)9-2-3-9/h6,9H,2-5,7H2,1H3. The van der Waals surface area contributed by atoms with Crippen molar-refractivity contribution in [2.75, 3.05) is 13.1 Å². The summed E-state index contributed by atoms with van der Waals surface area (Å²) in [6.45, 7) is 2.10. The van der Waals surface area contributed by atoms with Crippen molar-refractivity contribution in [2.45, 2.75) is 37.8 Å². The van der Waals surface area contributed by atoms with Crippen LogP contribution in [0, 0.1) is 6.92 Å². The lowest BCUT2D eigenvalue weighted by atomic mass is 10.1. The number of nitrogens with zero attached hydrogens (tertiary/aromatic N) is 4. The molecule has 0 radical (unpaired) electrons. The lowest BCUT2D eigenvalue weighted by molar-refractivity contribution is 0.0712. The number of hydrogen-bond donors (Lipinski definition) is 0. The van der Waals surface area contributed by atoms with Crippen molar-refractivity contribution in [1.82, 2.24) is 20.0 Å². The van der Waals surface area contributed by atoms with Crippen LogP contribution in [-0.4, -0.2) is 39.0 Å². The van der Waals surface area contributed by atoms with Gasteiger partial charge in [-0.3, -0.25) is 4.79 Å². The molecule has 22 heavy (non-hydrogen) atoms. The molecule has 3 heterocycles. The van der Waals surface area contributed by atoms with E-state index < -0.39 is 5.67 Å². The molecule has 8 heteroatoms. The van der Waals surface area contributed by atoms with Gasteiger partial charge in [-0.2, -0.15) is 4.98 Å². The van der Waals surface area contributed by atoms with Crippen LogP contribution in [-0.2, 0) is 5.67 Å². The highest BCUT2D eigenvalue weighted by Crippen LogP contribution is 2.41. The van der Waals surface area contributed by atoms with Gasteiger partial charge in [0.1, 0.15) is 5.69 Å². The van der Waals surface area contributed by atoms with E-state index in [2.05, 4.69) is 15.1 Å². The van der Waals surface area contributed by atoms with Crippen LogP contribution in [0.1, 0.15) is 52.4 Å². The fourth-order valence-electron chi connectivity index (χ4n) is 2.67. The summed E-state index contributed by atoms with van der Waals surface area (Å²) in [4.78, 5) is 22.2. The minimum atomic E-state index is -1.75. The van der Waals surface area contributed by atoms with E-state index in [9.17, 15) is 4.79 Å². The van der Waals surface area contributed by atoms with Gasteiger partial charge in [0.2, 0.25) is 5.67 Å². The second kappa shape index (κ2) is 4.84. The van der Waals surface area contributed by atoms with Crippen LogP contribution in [0.2, 0.25) is 0 Å². The van der Waals surface area contributed by atoms with Gasteiger partial charge in [0, 0.05) is 24.3 Å². The molecule has 1 saturated carbocycles. The van der Waals surface area contributed by atoms with Gasteiger partial charge in [0.05, 0.1) is 11.6 Å². The van der Waals surface area contributed by atoms with E-state index in [4.69, 9.17) is 4.52 Å². The molecule has 0 aromatic carbocycles. The number of aryl methyl sites for hydroxylation is 1. The molecule has 1 amide bonds. The summed E-state index contributed by atoms with van der Waals surface area (Å²) in [6.07, 6.45) is 2.24. The first kappa shape index (κ1) is 13.8. The maximum atomic E-state index is 15.1. The molecule has 2 aliphatic rings. The molecule has 0 bridgehead atoms. The van der Waals surface area contributed by atoms with Crippen molar-refractivity contribution >= 4 is 17.2 Å². The number of carbonyl (C=O) groups excluding carboxylic acids is 1. The monoisotopic (exact) mass is 322 g/mol. The third-order valence-corrected chi connectivity index (χ3v) is 4.89. The summed E-state index contributed by atoms with van der Waals surface area (Å²) in [5, 5.41) is 6.38. The number of amides is 1. The Hall–Kier alpha value is -1.83. The maximum absolute atomic E-state index is 15.1.